The fourth-order valence-corrected chi connectivity index (χ4v) is 2.79. The third kappa shape index (κ3) is 5.51. The van der Waals surface area contributed by atoms with E-state index in [2.05, 4.69) is 65.7 Å². The molecule has 0 N–H and O–H groups in total. The zero-order valence-electron chi connectivity index (χ0n) is 14.7. The van der Waals surface area contributed by atoms with Crippen LogP contribution in [0.2, 0.25) is 0 Å². The summed E-state index contributed by atoms with van der Waals surface area (Å²) in [6, 6.07) is 10.6. The van der Waals surface area contributed by atoms with E-state index in [1.807, 2.05) is 0 Å². The van der Waals surface area contributed by atoms with Crippen LogP contribution in [0.3, 0.4) is 0 Å². The van der Waals surface area contributed by atoms with E-state index in [1.54, 1.807) is 0 Å². The molecule has 0 aliphatic heterocycles. The van der Waals surface area contributed by atoms with Gasteiger partial charge in [0.1, 0.15) is 12.4 Å². The second-order valence-corrected chi connectivity index (χ2v) is 6.10. The van der Waals surface area contributed by atoms with Crippen LogP contribution in [0.1, 0.15) is 52.4 Å². The third-order valence-corrected chi connectivity index (χ3v) is 4.13. The van der Waals surface area contributed by atoms with Crippen LogP contribution >= 0.6 is 0 Å². The number of aromatic nitrogens is 2. The van der Waals surface area contributed by atoms with Gasteiger partial charge in [-0.1, -0.05) is 51.3 Å². The van der Waals surface area contributed by atoms with Crippen molar-refractivity contribution in [3.8, 4) is 11.4 Å². The molecular weight excluding hydrogens is 284 g/mol. The lowest BCUT2D eigenvalue weighted by Gasteiger charge is -2.06. The first-order valence-corrected chi connectivity index (χ1v) is 9.08. The SMILES string of the molecule is CCCCCCn1cc[n+](COCCCC)c1-c1ccccc1. The Labute approximate surface area is 140 Å². The minimum Gasteiger partial charge on any atom is -0.342 e. The standard InChI is InChI=1S/C20H31N2O/c1-3-5-7-11-14-21-15-16-22(18-23-17-6-4-2)20(21)19-12-9-8-10-13-19/h8-10,12-13,15-16H,3-7,11,14,17-18H2,1-2H3/q+1. The van der Waals surface area contributed by atoms with Crippen LogP contribution in [-0.4, -0.2) is 11.2 Å². The number of hydrogen-bond acceptors (Lipinski definition) is 1. The highest BCUT2D eigenvalue weighted by molar-refractivity contribution is 5.52. The number of ether oxygens (including phenoxy) is 1. The average Bonchev–Trinajstić information content (AvgIpc) is 2.99. The molecule has 2 rings (SSSR count). The van der Waals surface area contributed by atoms with Crippen molar-refractivity contribution in [1.82, 2.24) is 4.57 Å². The number of hydrogen-bond donors (Lipinski definition) is 0. The lowest BCUT2D eigenvalue weighted by atomic mass is 10.2. The predicted molar refractivity (Wildman–Crippen MR) is 95.1 cm³/mol. The summed E-state index contributed by atoms with van der Waals surface area (Å²) in [5, 5.41) is 0. The van der Waals surface area contributed by atoms with Gasteiger partial charge in [0.05, 0.1) is 18.7 Å². The number of aryl methyl sites for hydroxylation is 1. The molecule has 3 nitrogen and oxygen atoms in total. The van der Waals surface area contributed by atoms with Crippen molar-refractivity contribution in [3.05, 3.63) is 42.7 Å². The molecule has 0 saturated heterocycles. The molecule has 1 aromatic carbocycles. The van der Waals surface area contributed by atoms with Gasteiger partial charge in [0.2, 0.25) is 0 Å². The van der Waals surface area contributed by atoms with Gasteiger partial charge in [0.25, 0.3) is 5.82 Å². The highest BCUT2D eigenvalue weighted by atomic mass is 16.5. The molecule has 0 amide bonds. The Morgan fingerprint density at radius 2 is 1.74 bits per heavy atom. The molecule has 0 fully saturated rings. The normalized spacial score (nSPS) is 11.0. The molecule has 0 spiro atoms. The summed E-state index contributed by atoms with van der Waals surface area (Å²) in [5.74, 6) is 1.25. The monoisotopic (exact) mass is 315 g/mol. The first-order valence-electron chi connectivity index (χ1n) is 9.08. The van der Waals surface area contributed by atoms with E-state index >= 15 is 0 Å². The van der Waals surface area contributed by atoms with Crippen LogP contribution in [-0.2, 0) is 18.0 Å². The van der Waals surface area contributed by atoms with Gasteiger partial charge in [-0.15, -0.1) is 0 Å². The Balaban J connectivity index is 2.10. The molecule has 0 saturated carbocycles. The van der Waals surface area contributed by atoms with Gasteiger partial charge in [-0.3, -0.25) is 0 Å². The Bertz CT molecular complexity index is 519. The second kappa shape index (κ2) is 10.2. The molecule has 1 heterocycles. The van der Waals surface area contributed by atoms with Crippen LogP contribution in [0.5, 0.6) is 0 Å². The van der Waals surface area contributed by atoms with Gasteiger partial charge in [0, 0.05) is 0 Å². The lowest BCUT2D eigenvalue weighted by Crippen LogP contribution is -2.36. The summed E-state index contributed by atoms with van der Waals surface area (Å²) >= 11 is 0. The number of imidazole rings is 1. The summed E-state index contributed by atoms with van der Waals surface area (Å²) < 4.78 is 10.4. The second-order valence-electron chi connectivity index (χ2n) is 6.10. The van der Waals surface area contributed by atoms with Crippen molar-refractivity contribution in [2.75, 3.05) is 6.61 Å². The molecule has 2 aromatic rings. The zero-order valence-corrected chi connectivity index (χ0v) is 14.7. The molecule has 126 valence electrons. The minimum absolute atomic E-state index is 0.631. The zero-order chi connectivity index (χ0) is 16.3. The molecule has 0 aliphatic carbocycles. The highest BCUT2D eigenvalue weighted by Crippen LogP contribution is 2.17. The summed E-state index contributed by atoms with van der Waals surface area (Å²) in [6.45, 7) is 6.99. The quantitative estimate of drug-likeness (QED) is 0.430. The van der Waals surface area contributed by atoms with E-state index in [-0.39, 0.29) is 0 Å². The van der Waals surface area contributed by atoms with E-state index in [0.29, 0.717) is 6.73 Å². The maximum absolute atomic E-state index is 5.83. The molecule has 23 heavy (non-hydrogen) atoms. The predicted octanol–water partition coefficient (Wildman–Crippen LogP) is 4.80. The topological polar surface area (TPSA) is 18.0 Å². The van der Waals surface area contributed by atoms with Crippen LogP contribution in [0, 0.1) is 0 Å². The van der Waals surface area contributed by atoms with Gasteiger partial charge >= 0.3 is 0 Å². The van der Waals surface area contributed by atoms with E-state index in [9.17, 15) is 0 Å². The Morgan fingerprint density at radius 1 is 0.957 bits per heavy atom. The van der Waals surface area contributed by atoms with Crippen molar-refractivity contribution in [3.63, 3.8) is 0 Å². The largest absolute Gasteiger partial charge is 0.342 e. The van der Waals surface area contributed by atoms with Gasteiger partial charge in [0.15, 0.2) is 6.73 Å². The smallest absolute Gasteiger partial charge is 0.290 e. The number of unbranched alkanes of at least 4 members (excludes halogenated alkanes) is 4. The Hall–Kier alpha value is -1.61. The third-order valence-electron chi connectivity index (χ3n) is 4.13. The molecule has 1 aromatic heterocycles. The maximum atomic E-state index is 5.83. The van der Waals surface area contributed by atoms with E-state index in [1.165, 1.54) is 43.5 Å². The summed E-state index contributed by atoms with van der Waals surface area (Å²) in [4.78, 5) is 0. The summed E-state index contributed by atoms with van der Waals surface area (Å²) in [5.41, 5.74) is 1.26. The highest BCUT2D eigenvalue weighted by Gasteiger charge is 2.18. The van der Waals surface area contributed by atoms with Gasteiger partial charge < -0.3 is 4.74 Å². The molecule has 0 unspecified atom stereocenters. The number of benzene rings is 1. The van der Waals surface area contributed by atoms with Crippen LogP contribution < -0.4 is 4.57 Å². The van der Waals surface area contributed by atoms with Gasteiger partial charge in [-0.25, -0.2) is 9.13 Å². The molecule has 0 atom stereocenters. The Morgan fingerprint density at radius 3 is 2.48 bits per heavy atom. The lowest BCUT2D eigenvalue weighted by molar-refractivity contribution is -0.722. The molecule has 0 aliphatic rings. The van der Waals surface area contributed by atoms with E-state index in [4.69, 9.17) is 4.74 Å². The van der Waals surface area contributed by atoms with Crippen LogP contribution in [0.4, 0.5) is 0 Å². The minimum atomic E-state index is 0.631. The summed E-state index contributed by atoms with van der Waals surface area (Å²) in [6.07, 6.45) is 11.8. The number of rotatable bonds is 11. The van der Waals surface area contributed by atoms with Crippen molar-refractivity contribution in [1.29, 1.82) is 0 Å². The van der Waals surface area contributed by atoms with Crippen molar-refractivity contribution in [2.24, 2.45) is 0 Å². The molecular formula is C20H31N2O+. The number of nitrogens with zero attached hydrogens (tertiary/aromatic N) is 2. The van der Waals surface area contributed by atoms with Crippen LogP contribution in [0.25, 0.3) is 11.4 Å². The molecule has 0 bridgehead atoms. The average molecular weight is 315 g/mol. The summed E-state index contributed by atoms with van der Waals surface area (Å²) in [7, 11) is 0. The molecule has 3 heteroatoms. The van der Waals surface area contributed by atoms with E-state index < -0.39 is 0 Å². The van der Waals surface area contributed by atoms with E-state index in [0.717, 1.165) is 19.6 Å². The first-order chi connectivity index (χ1) is 11.4. The van der Waals surface area contributed by atoms with Crippen molar-refractivity contribution in [2.45, 2.75) is 65.6 Å². The van der Waals surface area contributed by atoms with Gasteiger partial charge in [-0.05, 0) is 31.4 Å². The fraction of sp³-hybridized carbons (Fsp3) is 0.550. The van der Waals surface area contributed by atoms with Crippen molar-refractivity contribution >= 4 is 0 Å². The molecule has 0 radical (unpaired) electrons. The fourth-order valence-electron chi connectivity index (χ4n) is 2.79. The van der Waals surface area contributed by atoms with Crippen molar-refractivity contribution < 1.29 is 9.30 Å². The maximum Gasteiger partial charge on any atom is 0.290 e. The van der Waals surface area contributed by atoms with Crippen LogP contribution in [0.15, 0.2) is 42.7 Å². The Kier molecular flexibility index (Phi) is 7.88. The first kappa shape index (κ1) is 17.7. The van der Waals surface area contributed by atoms with Gasteiger partial charge in [-0.2, -0.15) is 0 Å².